The molecule has 24 heavy (non-hydrogen) atoms. The fraction of sp³-hybridized carbons (Fsp3) is 0.444. The molecule has 2 atom stereocenters. The first-order chi connectivity index (χ1) is 11.6. The summed E-state index contributed by atoms with van der Waals surface area (Å²) in [6.07, 6.45) is 4.03. The lowest BCUT2D eigenvalue weighted by molar-refractivity contribution is -0.152. The van der Waals surface area contributed by atoms with Crippen LogP contribution in [0.1, 0.15) is 18.4 Å². The summed E-state index contributed by atoms with van der Waals surface area (Å²) < 4.78 is 4.83. The van der Waals surface area contributed by atoms with Crippen LogP contribution in [-0.2, 0) is 20.7 Å². The number of hydrogen-bond acceptors (Lipinski definition) is 4. The molecular weight excluding hydrogens is 324 g/mol. The third-order valence-corrected chi connectivity index (χ3v) is 5.12. The molecule has 2 heterocycles. The van der Waals surface area contributed by atoms with E-state index in [1.54, 1.807) is 4.90 Å². The number of hydrogen-bond donors (Lipinski definition) is 2. The minimum atomic E-state index is -0.447. The molecule has 5 nitrogen and oxygen atoms in total. The van der Waals surface area contributed by atoms with Crippen LogP contribution in [0.15, 0.2) is 30.5 Å². The normalized spacial score (nSPS) is 18.8. The number of nitrogens with zero attached hydrogens (tertiary/aromatic N) is 1. The van der Waals surface area contributed by atoms with Gasteiger partial charge in [0.2, 0.25) is 5.91 Å². The summed E-state index contributed by atoms with van der Waals surface area (Å²) >= 11 is 4.37. The molecule has 1 aromatic carbocycles. The highest BCUT2D eigenvalue weighted by Crippen LogP contribution is 2.24. The van der Waals surface area contributed by atoms with E-state index < -0.39 is 6.04 Å². The minimum absolute atomic E-state index is 0.00735. The number of carbonyl (C=O) groups is 2. The third-order valence-electron chi connectivity index (χ3n) is 4.68. The van der Waals surface area contributed by atoms with E-state index in [2.05, 4.69) is 23.7 Å². The lowest BCUT2D eigenvalue weighted by Crippen LogP contribution is -2.45. The standard InChI is InChI=1S/C18H22N2O3S/c1-23-18(22)16-3-2-8-20(16)17(21)14(11-24)10-12-4-5-15-13(9-12)6-7-19-15/h4-7,9,14,16,19,24H,2-3,8,10-11H2,1H3/t14?,16-/m0/s1. The zero-order chi connectivity index (χ0) is 17.1. The van der Waals surface area contributed by atoms with Crippen LogP contribution in [0.5, 0.6) is 0 Å². The van der Waals surface area contributed by atoms with E-state index in [0.29, 0.717) is 25.1 Å². The summed E-state index contributed by atoms with van der Waals surface area (Å²) in [5.41, 5.74) is 2.18. The third kappa shape index (κ3) is 3.29. The predicted molar refractivity (Wildman–Crippen MR) is 96.1 cm³/mol. The van der Waals surface area contributed by atoms with Crippen LogP contribution >= 0.6 is 12.6 Å². The first kappa shape index (κ1) is 16.9. The average Bonchev–Trinajstić information content (AvgIpc) is 3.26. The summed E-state index contributed by atoms with van der Waals surface area (Å²) in [4.78, 5) is 29.6. The van der Waals surface area contributed by atoms with Crippen molar-refractivity contribution in [2.24, 2.45) is 5.92 Å². The summed E-state index contributed by atoms with van der Waals surface area (Å²) in [5, 5.41) is 1.13. The predicted octanol–water partition coefficient (Wildman–Crippen LogP) is 2.42. The van der Waals surface area contributed by atoms with Gasteiger partial charge in [0.25, 0.3) is 0 Å². The fourth-order valence-corrected chi connectivity index (χ4v) is 3.68. The number of thiol groups is 1. The van der Waals surface area contributed by atoms with E-state index in [-0.39, 0.29) is 17.8 Å². The molecule has 3 rings (SSSR count). The average molecular weight is 346 g/mol. The fourth-order valence-electron chi connectivity index (χ4n) is 3.39. The van der Waals surface area contributed by atoms with Crippen LogP contribution in [0, 0.1) is 5.92 Å². The van der Waals surface area contributed by atoms with Gasteiger partial charge in [-0.25, -0.2) is 4.79 Å². The van der Waals surface area contributed by atoms with Gasteiger partial charge < -0.3 is 14.6 Å². The van der Waals surface area contributed by atoms with Crippen molar-refractivity contribution in [2.45, 2.75) is 25.3 Å². The van der Waals surface area contributed by atoms with Crippen molar-refractivity contribution in [2.75, 3.05) is 19.4 Å². The molecule has 0 aliphatic carbocycles. The molecule has 1 fully saturated rings. The molecule has 1 aromatic heterocycles. The van der Waals surface area contributed by atoms with E-state index in [4.69, 9.17) is 4.74 Å². The molecule has 1 aliphatic rings. The van der Waals surface area contributed by atoms with Crippen LogP contribution in [0.4, 0.5) is 0 Å². The van der Waals surface area contributed by atoms with Crippen molar-refractivity contribution in [1.82, 2.24) is 9.88 Å². The number of rotatable bonds is 5. The van der Waals surface area contributed by atoms with E-state index in [9.17, 15) is 9.59 Å². The molecule has 1 N–H and O–H groups in total. The smallest absolute Gasteiger partial charge is 0.328 e. The Hall–Kier alpha value is -1.95. The molecule has 1 saturated heterocycles. The summed E-state index contributed by atoms with van der Waals surface area (Å²) in [5.74, 6) is -0.122. The number of amides is 1. The Morgan fingerprint density at radius 1 is 1.42 bits per heavy atom. The second-order valence-corrected chi connectivity index (χ2v) is 6.56. The van der Waals surface area contributed by atoms with Crippen LogP contribution < -0.4 is 0 Å². The zero-order valence-corrected chi connectivity index (χ0v) is 14.6. The topological polar surface area (TPSA) is 62.4 Å². The van der Waals surface area contributed by atoms with Crippen LogP contribution in [0.25, 0.3) is 10.9 Å². The van der Waals surface area contributed by atoms with Crippen molar-refractivity contribution in [3.05, 3.63) is 36.0 Å². The maximum absolute atomic E-state index is 12.9. The van der Waals surface area contributed by atoms with Crippen LogP contribution in [-0.4, -0.2) is 47.2 Å². The number of likely N-dealkylation sites (tertiary alicyclic amines) is 1. The Kier molecular flexibility index (Phi) is 5.14. The Balaban J connectivity index is 1.75. The van der Waals surface area contributed by atoms with E-state index >= 15 is 0 Å². The maximum atomic E-state index is 12.9. The highest BCUT2D eigenvalue weighted by Gasteiger charge is 2.37. The number of fused-ring (bicyclic) bond motifs is 1. The molecule has 6 heteroatoms. The molecule has 2 aromatic rings. The second kappa shape index (κ2) is 7.30. The molecular formula is C18H22N2O3S. The lowest BCUT2D eigenvalue weighted by Gasteiger charge is -2.27. The number of methoxy groups -OCH3 is 1. The van der Waals surface area contributed by atoms with E-state index in [1.165, 1.54) is 7.11 Å². The molecule has 128 valence electrons. The number of benzene rings is 1. The van der Waals surface area contributed by atoms with Gasteiger partial charge in [0, 0.05) is 24.0 Å². The largest absolute Gasteiger partial charge is 0.467 e. The van der Waals surface area contributed by atoms with Crippen molar-refractivity contribution in [3.63, 3.8) is 0 Å². The Labute approximate surface area is 146 Å². The number of carbonyl (C=O) groups excluding carboxylic acids is 2. The summed E-state index contributed by atoms with van der Waals surface area (Å²) in [7, 11) is 1.37. The van der Waals surface area contributed by atoms with Gasteiger partial charge in [-0.3, -0.25) is 4.79 Å². The minimum Gasteiger partial charge on any atom is -0.467 e. The zero-order valence-electron chi connectivity index (χ0n) is 13.7. The van der Waals surface area contributed by atoms with Crippen molar-refractivity contribution < 1.29 is 14.3 Å². The summed E-state index contributed by atoms with van der Waals surface area (Å²) in [6.45, 7) is 0.611. The Morgan fingerprint density at radius 2 is 2.25 bits per heavy atom. The number of esters is 1. The van der Waals surface area contributed by atoms with Gasteiger partial charge in [-0.2, -0.15) is 12.6 Å². The summed E-state index contributed by atoms with van der Waals surface area (Å²) in [6, 6.07) is 7.72. The van der Waals surface area contributed by atoms with Gasteiger partial charge in [-0.05, 0) is 48.4 Å². The molecule has 0 radical (unpaired) electrons. The SMILES string of the molecule is COC(=O)[C@@H]1CCCN1C(=O)C(CS)Cc1ccc2[nH]ccc2c1. The molecule has 0 spiro atoms. The Bertz CT molecular complexity index is 743. The van der Waals surface area contributed by atoms with Gasteiger partial charge in [0.1, 0.15) is 6.04 Å². The number of nitrogens with one attached hydrogen (secondary N) is 1. The monoisotopic (exact) mass is 346 g/mol. The van der Waals surface area contributed by atoms with Gasteiger partial charge in [0.15, 0.2) is 0 Å². The molecule has 1 amide bonds. The number of aromatic nitrogens is 1. The van der Waals surface area contributed by atoms with Gasteiger partial charge >= 0.3 is 5.97 Å². The molecule has 1 aliphatic heterocycles. The number of aromatic amines is 1. The first-order valence-electron chi connectivity index (χ1n) is 8.19. The first-order valence-corrected chi connectivity index (χ1v) is 8.82. The van der Waals surface area contributed by atoms with Crippen LogP contribution in [0.3, 0.4) is 0 Å². The quantitative estimate of drug-likeness (QED) is 0.646. The van der Waals surface area contributed by atoms with Gasteiger partial charge in [0.05, 0.1) is 13.0 Å². The van der Waals surface area contributed by atoms with Crippen molar-refractivity contribution >= 4 is 35.4 Å². The van der Waals surface area contributed by atoms with E-state index in [0.717, 1.165) is 22.9 Å². The highest BCUT2D eigenvalue weighted by atomic mass is 32.1. The van der Waals surface area contributed by atoms with Gasteiger partial charge in [-0.1, -0.05) is 6.07 Å². The Morgan fingerprint density at radius 3 is 3.00 bits per heavy atom. The second-order valence-electron chi connectivity index (χ2n) is 6.20. The van der Waals surface area contributed by atoms with Crippen LogP contribution in [0.2, 0.25) is 0 Å². The molecule has 1 unspecified atom stereocenters. The number of ether oxygens (including phenoxy) is 1. The number of H-pyrrole nitrogens is 1. The van der Waals surface area contributed by atoms with Gasteiger partial charge in [-0.15, -0.1) is 0 Å². The highest BCUT2D eigenvalue weighted by molar-refractivity contribution is 7.80. The van der Waals surface area contributed by atoms with Crippen molar-refractivity contribution in [1.29, 1.82) is 0 Å². The lowest BCUT2D eigenvalue weighted by atomic mass is 9.98. The van der Waals surface area contributed by atoms with E-state index in [1.807, 2.05) is 24.4 Å². The maximum Gasteiger partial charge on any atom is 0.328 e. The van der Waals surface area contributed by atoms with Crippen molar-refractivity contribution in [3.8, 4) is 0 Å². The molecule has 0 saturated carbocycles. The molecule has 0 bridgehead atoms.